The van der Waals surface area contributed by atoms with Crippen LogP contribution in [0, 0.1) is 0 Å². The molecule has 0 aromatic heterocycles. The fraction of sp³-hybridized carbons (Fsp3) is 0.364. The summed E-state index contributed by atoms with van der Waals surface area (Å²) in [5.41, 5.74) is 0.492. The van der Waals surface area contributed by atoms with Crippen molar-refractivity contribution in [1.29, 1.82) is 0 Å². The minimum Gasteiger partial charge on any atom is -0.478 e. The minimum atomic E-state index is -1.08. The first-order valence-electron chi connectivity index (χ1n) is 5.00. The number of rotatable bonds is 5. The summed E-state index contributed by atoms with van der Waals surface area (Å²) >= 11 is 5.83. The molecule has 0 radical (unpaired) electrons. The van der Waals surface area contributed by atoms with Crippen LogP contribution in [-0.2, 0) is 10.8 Å². The minimum absolute atomic E-state index is 0.0444. The van der Waals surface area contributed by atoms with Crippen LogP contribution >= 0.6 is 11.6 Å². The highest BCUT2D eigenvalue weighted by molar-refractivity contribution is 7.84. The van der Waals surface area contributed by atoms with Crippen molar-refractivity contribution in [2.75, 3.05) is 17.3 Å². The van der Waals surface area contributed by atoms with Gasteiger partial charge in [-0.15, -0.1) is 0 Å². The highest BCUT2D eigenvalue weighted by Gasteiger charge is 2.15. The molecular weight excluding hydrogens is 262 g/mol. The van der Waals surface area contributed by atoms with Gasteiger partial charge in [-0.1, -0.05) is 17.7 Å². The molecular formula is C11H14ClNO3S. The molecule has 0 amide bonds. The van der Waals surface area contributed by atoms with Crippen LogP contribution in [0.2, 0.25) is 5.02 Å². The van der Waals surface area contributed by atoms with Crippen molar-refractivity contribution in [3.8, 4) is 0 Å². The molecule has 2 N–H and O–H groups in total. The van der Waals surface area contributed by atoms with Crippen LogP contribution in [0.25, 0.3) is 0 Å². The Bertz CT molecular complexity index is 450. The Morgan fingerprint density at radius 2 is 2.24 bits per heavy atom. The second kappa shape index (κ2) is 6.02. The zero-order chi connectivity index (χ0) is 13.0. The standard InChI is InChI=1S/C11H14ClNO3S/c1-7(6-17(2)16)13-9-5-3-4-8(12)10(9)11(14)15/h3-5,7,13H,6H2,1-2H3,(H,14,15). The Balaban J connectivity index is 2.94. The summed E-state index contributed by atoms with van der Waals surface area (Å²) < 4.78 is 11.1. The number of benzene rings is 1. The van der Waals surface area contributed by atoms with Crippen molar-refractivity contribution >= 4 is 34.1 Å². The van der Waals surface area contributed by atoms with E-state index in [9.17, 15) is 9.00 Å². The van der Waals surface area contributed by atoms with E-state index in [1.165, 1.54) is 6.07 Å². The molecule has 0 aliphatic rings. The average molecular weight is 276 g/mol. The maximum absolute atomic E-state index is 11.1. The molecule has 0 aliphatic heterocycles. The smallest absolute Gasteiger partial charge is 0.339 e. The van der Waals surface area contributed by atoms with Crippen molar-refractivity contribution < 1.29 is 14.1 Å². The van der Waals surface area contributed by atoms with E-state index in [4.69, 9.17) is 16.7 Å². The topological polar surface area (TPSA) is 66.4 Å². The van der Waals surface area contributed by atoms with Gasteiger partial charge in [0, 0.05) is 28.9 Å². The van der Waals surface area contributed by atoms with E-state index in [2.05, 4.69) is 5.32 Å². The first-order chi connectivity index (χ1) is 7.91. The van der Waals surface area contributed by atoms with Crippen LogP contribution in [0.3, 0.4) is 0 Å². The molecule has 0 saturated carbocycles. The van der Waals surface area contributed by atoms with Gasteiger partial charge in [-0.2, -0.15) is 0 Å². The molecule has 0 spiro atoms. The van der Waals surface area contributed by atoms with Gasteiger partial charge in [-0.05, 0) is 19.1 Å². The SMILES string of the molecule is CC(CS(C)=O)Nc1cccc(Cl)c1C(=O)O. The van der Waals surface area contributed by atoms with Crippen LogP contribution in [0.4, 0.5) is 5.69 Å². The molecule has 0 bridgehead atoms. The zero-order valence-corrected chi connectivity index (χ0v) is 11.1. The largest absolute Gasteiger partial charge is 0.478 e. The summed E-state index contributed by atoms with van der Waals surface area (Å²) in [7, 11) is -0.935. The van der Waals surface area contributed by atoms with Crippen LogP contribution in [0.5, 0.6) is 0 Å². The van der Waals surface area contributed by atoms with Gasteiger partial charge in [0.2, 0.25) is 0 Å². The van der Waals surface area contributed by atoms with Gasteiger partial charge in [-0.3, -0.25) is 4.21 Å². The second-order valence-electron chi connectivity index (χ2n) is 3.75. The molecule has 4 nitrogen and oxygen atoms in total. The lowest BCUT2D eigenvalue weighted by Crippen LogP contribution is -2.23. The van der Waals surface area contributed by atoms with Crippen molar-refractivity contribution in [3.05, 3.63) is 28.8 Å². The van der Waals surface area contributed by atoms with E-state index in [1.54, 1.807) is 18.4 Å². The monoisotopic (exact) mass is 275 g/mol. The number of hydrogen-bond acceptors (Lipinski definition) is 3. The maximum Gasteiger partial charge on any atom is 0.339 e. The number of carbonyl (C=O) groups is 1. The molecule has 0 heterocycles. The van der Waals surface area contributed by atoms with E-state index >= 15 is 0 Å². The van der Waals surface area contributed by atoms with Crippen molar-refractivity contribution in [3.63, 3.8) is 0 Å². The van der Waals surface area contributed by atoms with E-state index in [0.717, 1.165) is 0 Å². The molecule has 0 aliphatic carbocycles. The van der Waals surface area contributed by atoms with Gasteiger partial charge >= 0.3 is 5.97 Å². The Kier molecular flexibility index (Phi) is 4.96. The molecule has 17 heavy (non-hydrogen) atoms. The lowest BCUT2D eigenvalue weighted by atomic mass is 10.1. The summed E-state index contributed by atoms with van der Waals surface area (Å²) in [6.07, 6.45) is 1.61. The van der Waals surface area contributed by atoms with Crippen LogP contribution in [0.15, 0.2) is 18.2 Å². The summed E-state index contributed by atoms with van der Waals surface area (Å²) in [5.74, 6) is -0.631. The number of carboxylic acids is 1. The summed E-state index contributed by atoms with van der Waals surface area (Å²) in [6.45, 7) is 1.84. The third-order valence-electron chi connectivity index (χ3n) is 2.11. The number of anilines is 1. The molecule has 1 rings (SSSR count). The number of hydrogen-bond donors (Lipinski definition) is 2. The number of carboxylic acid groups (broad SMARTS) is 1. The summed E-state index contributed by atoms with van der Waals surface area (Å²) in [5, 5.41) is 12.2. The molecule has 0 saturated heterocycles. The van der Waals surface area contributed by atoms with Crippen molar-refractivity contribution in [2.24, 2.45) is 0 Å². The summed E-state index contributed by atoms with van der Waals surface area (Å²) in [6, 6.07) is 4.76. The first-order valence-corrected chi connectivity index (χ1v) is 7.10. The van der Waals surface area contributed by atoms with Crippen molar-refractivity contribution in [2.45, 2.75) is 13.0 Å². The highest BCUT2D eigenvalue weighted by Crippen LogP contribution is 2.24. The molecule has 1 aromatic carbocycles. The number of halogens is 1. The third kappa shape index (κ3) is 4.02. The quantitative estimate of drug-likeness (QED) is 0.865. The second-order valence-corrected chi connectivity index (χ2v) is 5.64. The van der Waals surface area contributed by atoms with Gasteiger partial charge < -0.3 is 10.4 Å². The number of aromatic carboxylic acids is 1. The Labute approximate surface area is 107 Å². The maximum atomic E-state index is 11.1. The predicted octanol–water partition coefficient (Wildman–Crippen LogP) is 2.22. The lowest BCUT2D eigenvalue weighted by molar-refractivity contribution is 0.0698. The summed E-state index contributed by atoms with van der Waals surface area (Å²) in [4.78, 5) is 11.1. The third-order valence-corrected chi connectivity index (χ3v) is 3.40. The lowest BCUT2D eigenvalue weighted by Gasteiger charge is -2.16. The first kappa shape index (κ1) is 14.0. The van der Waals surface area contributed by atoms with Gasteiger partial charge in [0.25, 0.3) is 0 Å². The van der Waals surface area contributed by atoms with Gasteiger partial charge in [0.05, 0.1) is 10.7 Å². The molecule has 94 valence electrons. The van der Waals surface area contributed by atoms with Crippen LogP contribution in [-0.4, -0.2) is 33.3 Å². The van der Waals surface area contributed by atoms with Gasteiger partial charge in [0.15, 0.2) is 0 Å². The van der Waals surface area contributed by atoms with Crippen LogP contribution < -0.4 is 5.32 Å². The Hall–Kier alpha value is -1.07. The predicted molar refractivity (Wildman–Crippen MR) is 70.4 cm³/mol. The van der Waals surface area contributed by atoms with E-state index in [-0.39, 0.29) is 16.6 Å². The fourth-order valence-corrected chi connectivity index (χ4v) is 2.56. The fourth-order valence-electron chi connectivity index (χ4n) is 1.52. The molecule has 0 fully saturated rings. The van der Waals surface area contributed by atoms with Gasteiger partial charge in [-0.25, -0.2) is 4.79 Å². The molecule has 2 unspecified atom stereocenters. The van der Waals surface area contributed by atoms with E-state index in [0.29, 0.717) is 11.4 Å². The average Bonchev–Trinajstić information content (AvgIpc) is 2.15. The molecule has 6 heteroatoms. The Morgan fingerprint density at radius 1 is 1.59 bits per heavy atom. The molecule has 2 atom stereocenters. The van der Waals surface area contributed by atoms with Crippen LogP contribution in [0.1, 0.15) is 17.3 Å². The van der Waals surface area contributed by atoms with E-state index < -0.39 is 16.8 Å². The van der Waals surface area contributed by atoms with Gasteiger partial charge in [0.1, 0.15) is 5.56 Å². The normalized spacial score (nSPS) is 14.1. The molecule has 1 aromatic rings. The van der Waals surface area contributed by atoms with Crippen molar-refractivity contribution in [1.82, 2.24) is 0 Å². The highest BCUT2D eigenvalue weighted by atomic mass is 35.5. The number of nitrogens with one attached hydrogen (secondary N) is 1. The van der Waals surface area contributed by atoms with E-state index in [1.807, 2.05) is 6.92 Å². The zero-order valence-electron chi connectivity index (χ0n) is 9.57. The Morgan fingerprint density at radius 3 is 2.76 bits per heavy atom.